The zero-order chi connectivity index (χ0) is 10.3. The van der Waals surface area contributed by atoms with Gasteiger partial charge in [0, 0.05) is 12.1 Å². The molecule has 0 radical (unpaired) electrons. The first-order valence-corrected chi connectivity index (χ1v) is 5.08. The van der Waals surface area contributed by atoms with Crippen LogP contribution in [0.2, 0.25) is 0 Å². The van der Waals surface area contributed by atoms with Crippen LogP contribution in [0.4, 0.5) is 5.82 Å². The molecule has 0 amide bonds. The van der Waals surface area contributed by atoms with Gasteiger partial charge in [0.05, 0.1) is 5.69 Å². The van der Waals surface area contributed by atoms with Crippen LogP contribution < -0.4 is 11.0 Å². The van der Waals surface area contributed by atoms with Crippen molar-refractivity contribution in [2.24, 2.45) is 0 Å². The molecule has 14 heavy (non-hydrogen) atoms. The Morgan fingerprint density at radius 1 is 1.36 bits per heavy atom. The normalized spacial score (nSPS) is 16.2. The van der Waals surface area contributed by atoms with Gasteiger partial charge in [-0.2, -0.15) is 0 Å². The van der Waals surface area contributed by atoms with Gasteiger partial charge >= 0.3 is 5.69 Å². The second-order valence-electron chi connectivity index (χ2n) is 4.79. The Morgan fingerprint density at radius 3 is 2.71 bits per heavy atom. The molecule has 0 atom stereocenters. The number of nitrogens with one attached hydrogen (secondary N) is 2. The van der Waals surface area contributed by atoms with Crippen LogP contribution in [0.5, 0.6) is 0 Å². The molecule has 0 unspecified atom stereocenters. The van der Waals surface area contributed by atoms with E-state index in [9.17, 15) is 4.79 Å². The Bertz CT molecular complexity index is 394. The van der Waals surface area contributed by atoms with Gasteiger partial charge in [0.1, 0.15) is 5.82 Å². The van der Waals surface area contributed by atoms with Gasteiger partial charge in [0.2, 0.25) is 0 Å². The van der Waals surface area contributed by atoms with Gasteiger partial charge < -0.3 is 10.3 Å². The molecule has 2 N–H and O–H groups in total. The maximum absolute atomic E-state index is 11.7. The van der Waals surface area contributed by atoms with Crippen molar-refractivity contribution in [3.8, 4) is 0 Å². The van der Waals surface area contributed by atoms with Crippen molar-refractivity contribution in [3.05, 3.63) is 16.2 Å². The summed E-state index contributed by atoms with van der Waals surface area (Å²) in [5.74, 6) is 0.980. The van der Waals surface area contributed by atoms with E-state index in [2.05, 4.69) is 10.3 Å². The number of hydrogen-bond donors (Lipinski definition) is 2. The summed E-state index contributed by atoms with van der Waals surface area (Å²) in [6.07, 6.45) is 2.07. The molecule has 4 heteroatoms. The van der Waals surface area contributed by atoms with E-state index >= 15 is 0 Å². The Balaban J connectivity index is 2.59. The largest absolute Gasteiger partial charge is 0.370 e. The Labute approximate surface area is 83.3 Å². The zero-order valence-corrected chi connectivity index (χ0v) is 8.98. The summed E-state index contributed by atoms with van der Waals surface area (Å²) in [6.45, 7) is 7.08. The van der Waals surface area contributed by atoms with Crippen molar-refractivity contribution in [2.45, 2.75) is 39.2 Å². The van der Waals surface area contributed by atoms with Gasteiger partial charge in [-0.3, -0.25) is 4.57 Å². The standard InChI is InChI=1S/C10H17N3O/c1-10(2,3)13-8-7(12-9(13)14)5-4-6-11-8/h11H,4-6H2,1-3H3,(H,12,14). The van der Waals surface area contributed by atoms with E-state index in [4.69, 9.17) is 0 Å². The first-order chi connectivity index (χ1) is 6.50. The molecular weight excluding hydrogens is 178 g/mol. The van der Waals surface area contributed by atoms with Gasteiger partial charge in [-0.25, -0.2) is 4.79 Å². The van der Waals surface area contributed by atoms with Crippen molar-refractivity contribution in [1.82, 2.24) is 9.55 Å². The van der Waals surface area contributed by atoms with Crippen molar-refractivity contribution in [1.29, 1.82) is 0 Å². The second kappa shape index (κ2) is 2.90. The number of nitrogens with zero attached hydrogens (tertiary/aromatic N) is 1. The van der Waals surface area contributed by atoms with E-state index in [1.807, 2.05) is 25.3 Å². The molecule has 0 spiro atoms. The molecule has 4 nitrogen and oxygen atoms in total. The molecule has 0 saturated heterocycles. The van der Waals surface area contributed by atoms with E-state index < -0.39 is 0 Å². The first kappa shape index (κ1) is 9.37. The quantitative estimate of drug-likeness (QED) is 0.655. The Kier molecular flexibility index (Phi) is 1.94. The van der Waals surface area contributed by atoms with Crippen LogP contribution in [-0.4, -0.2) is 16.1 Å². The van der Waals surface area contributed by atoms with E-state index in [-0.39, 0.29) is 11.2 Å². The minimum absolute atomic E-state index is 0.00287. The van der Waals surface area contributed by atoms with Crippen LogP contribution in [0.3, 0.4) is 0 Å². The van der Waals surface area contributed by atoms with Crippen LogP contribution in [0.1, 0.15) is 32.9 Å². The number of fused-ring (bicyclic) bond motifs is 1. The lowest BCUT2D eigenvalue weighted by Gasteiger charge is -2.25. The van der Waals surface area contributed by atoms with E-state index in [1.54, 1.807) is 0 Å². The minimum atomic E-state index is -0.161. The smallest absolute Gasteiger partial charge is 0.327 e. The summed E-state index contributed by atoms with van der Waals surface area (Å²) in [5.41, 5.74) is 0.888. The maximum Gasteiger partial charge on any atom is 0.327 e. The van der Waals surface area contributed by atoms with Crippen molar-refractivity contribution in [3.63, 3.8) is 0 Å². The van der Waals surface area contributed by atoms with Crippen LogP contribution in [0.25, 0.3) is 0 Å². The number of rotatable bonds is 0. The molecule has 0 bridgehead atoms. The van der Waals surface area contributed by atoms with E-state index in [0.717, 1.165) is 30.9 Å². The molecule has 2 heterocycles. The highest BCUT2D eigenvalue weighted by Crippen LogP contribution is 2.24. The van der Waals surface area contributed by atoms with Crippen molar-refractivity contribution >= 4 is 5.82 Å². The van der Waals surface area contributed by atoms with E-state index in [0.29, 0.717) is 0 Å². The topological polar surface area (TPSA) is 49.8 Å². The summed E-state index contributed by atoms with van der Waals surface area (Å²) < 4.78 is 1.81. The SMILES string of the molecule is CC(C)(C)n1c2c([nH]c1=O)CCCN2. The lowest BCUT2D eigenvalue weighted by molar-refractivity contribution is 0.389. The predicted octanol–water partition coefficient (Wildman–Crippen LogP) is 1.29. The third-order valence-corrected chi connectivity index (χ3v) is 2.54. The molecular formula is C10H17N3O. The van der Waals surface area contributed by atoms with Gasteiger partial charge in [-0.15, -0.1) is 0 Å². The number of aromatic amines is 1. The molecule has 0 aromatic carbocycles. The molecule has 1 aromatic rings. The summed E-state index contributed by atoms with van der Waals surface area (Å²) in [5, 5.41) is 3.29. The fourth-order valence-electron chi connectivity index (χ4n) is 1.96. The summed E-state index contributed by atoms with van der Waals surface area (Å²) in [6, 6.07) is 0. The molecule has 1 aliphatic heterocycles. The molecule has 0 aliphatic carbocycles. The van der Waals surface area contributed by atoms with Crippen molar-refractivity contribution in [2.75, 3.05) is 11.9 Å². The molecule has 1 aromatic heterocycles. The summed E-state index contributed by atoms with van der Waals surface area (Å²) in [4.78, 5) is 14.6. The highest BCUT2D eigenvalue weighted by Gasteiger charge is 2.24. The molecule has 0 saturated carbocycles. The molecule has 78 valence electrons. The Morgan fingerprint density at radius 2 is 2.07 bits per heavy atom. The summed E-state index contributed by atoms with van der Waals surface area (Å²) >= 11 is 0. The monoisotopic (exact) mass is 195 g/mol. The van der Waals surface area contributed by atoms with Gasteiger partial charge in [0.25, 0.3) is 0 Å². The average Bonchev–Trinajstić information content (AvgIpc) is 2.38. The molecule has 2 rings (SSSR count). The lowest BCUT2D eigenvalue weighted by Crippen LogP contribution is -2.33. The number of aromatic nitrogens is 2. The number of aryl methyl sites for hydroxylation is 1. The minimum Gasteiger partial charge on any atom is -0.370 e. The maximum atomic E-state index is 11.7. The fourth-order valence-corrected chi connectivity index (χ4v) is 1.96. The highest BCUT2D eigenvalue weighted by molar-refractivity contribution is 5.44. The van der Waals surface area contributed by atoms with Crippen molar-refractivity contribution < 1.29 is 0 Å². The number of anilines is 1. The molecule has 1 aliphatic rings. The highest BCUT2D eigenvalue weighted by atomic mass is 16.1. The van der Waals surface area contributed by atoms with Crippen LogP contribution >= 0.6 is 0 Å². The molecule has 0 fully saturated rings. The van der Waals surface area contributed by atoms with Gasteiger partial charge in [0.15, 0.2) is 0 Å². The van der Waals surface area contributed by atoms with Crippen LogP contribution in [0, 0.1) is 0 Å². The summed E-state index contributed by atoms with van der Waals surface area (Å²) in [7, 11) is 0. The van der Waals surface area contributed by atoms with Gasteiger partial charge in [-0.1, -0.05) is 0 Å². The fraction of sp³-hybridized carbons (Fsp3) is 0.700. The average molecular weight is 195 g/mol. The third-order valence-electron chi connectivity index (χ3n) is 2.54. The van der Waals surface area contributed by atoms with Gasteiger partial charge in [-0.05, 0) is 33.6 Å². The van der Waals surface area contributed by atoms with Crippen LogP contribution in [0.15, 0.2) is 4.79 Å². The zero-order valence-electron chi connectivity index (χ0n) is 8.98. The lowest BCUT2D eigenvalue weighted by atomic mass is 10.1. The first-order valence-electron chi connectivity index (χ1n) is 5.08. The number of imidazole rings is 1. The van der Waals surface area contributed by atoms with Crippen LogP contribution in [-0.2, 0) is 12.0 Å². The second-order valence-corrected chi connectivity index (χ2v) is 4.79. The third kappa shape index (κ3) is 1.35. The Hall–Kier alpha value is -1.19. The number of H-pyrrole nitrogens is 1. The van der Waals surface area contributed by atoms with E-state index in [1.165, 1.54) is 0 Å². The predicted molar refractivity (Wildman–Crippen MR) is 56.9 cm³/mol. The number of hydrogen-bond acceptors (Lipinski definition) is 2.